The van der Waals surface area contributed by atoms with Crippen LogP contribution in [0.3, 0.4) is 0 Å². The molecule has 2 atom stereocenters. The highest BCUT2D eigenvalue weighted by atomic mass is 16.3. The molecule has 1 aliphatic heterocycles. The van der Waals surface area contributed by atoms with Crippen molar-refractivity contribution < 1.29 is 15.3 Å². The van der Waals surface area contributed by atoms with Crippen LogP contribution in [0, 0.1) is 0 Å². The van der Waals surface area contributed by atoms with Gasteiger partial charge in [0, 0.05) is 12.6 Å². The number of hydrogen-bond acceptors (Lipinski definition) is 5. The molecule has 0 aliphatic carbocycles. The summed E-state index contributed by atoms with van der Waals surface area (Å²) in [6, 6.07) is 15.0. The molecule has 2 aromatic carbocycles. The Balaban J connectivity index is 1.74. The summed E-state index contributed by atoms with van der Waals surface area (Å²) in [5, 5.41) is 32.8. The van der Waals surface area contributed by atoms with Crippen molar-refractivity contribution in [1.82, 2.24) is 10.2 Å². The smallest absolute Gasteiger partial charge is 0.157 e. The second-order valence-electron chi connectivity index (χ2n) is 7.04. The highest BCUT2D eigenvalue weighted by Crippen LogP contribution is 2.26. The second-order valence-corrected chi connectivity index (χ2v) is 7.04. The molecule has 140 valence electrons. The number of nitrogens with one attached hydrogen (secondary N) is 1. The Kier molecular flexibility index (Phi) is 6.50. The summed E-state index contributed by atoms with van der Waals surface area (Å²) in [7, 11) is 0. The highest BCUT2D eigenvalue weighted by Gasteiger charge is 2.21. The third-order valence-corrected chi connectivity index (χ3v) is 5.02. The zero-order chi connectivity index (χ0) is 18.4. The van der Waals surface area contributed by atoms with Crippen LogP contribution in [-0.4, -0.2) is 52.5 Å². The maximum absolute atomic E-state index is 9.89. The molecule has 1 heterocycles. The molecule has 1 saturated heterocycles. The minimum Gasteiger partial charge on any atom is -0.504 e. The zero-order valence-electron chi connectivity index (χ0n) is 15.0. The van der Waals surface area contributed by atoms with Crippen LogP contribution in [0.25, 0.3) is 0 Å². The van der Waals surface area contributed by atoms with Gasteiger partial charge in [-0.2, -0.15) is 0 Å². The first-order valence-corrected chi connectivity index (χ1v) is 9.31. The summed E-state index contributed by atoms with van der Waals surface area (Å²) >= 11 is 0. The van der Waals surface area contributed by atoms with Gasteiger partial charge in [-0.25, -0.2) is 0 Å². The first-order chi connectivity index (χ1) is 12.7. The van der Waals surface area contributed by atoms with Crippen LogP contribution in [0.15, 0.2) is 48.5 Å². The van der Waals surface area contributed by atoms with Crippen LogP contribution < -0.4 is 5.32 Å². The van der Waals surface area contributed by atoms with Gasteiger partial charge in [0.05, 0.1) is 12.6 Å². The Hall–Kier alpha value is -2.08. The third-order valence-electron chi connectivity index (χ3n) is 5.02. The van der Waals surface area contributed by atoms with Gasteiger partial charge in [-0.05, 0) is 55.6 Å². The van der Waals surface area contributed by atoms with Crippen molar-refractivity contribution in [3.05, 3.63) is 59.7 Å². The summed E-state index contributed by atoms with van der Waals surface area (Å²) in [5.41, 5.74) is 2.02. The van der Waals surface area contributed by atoms with E-state index < -0.39 is 0 Å². The SMILES string of the molecule is OCC(N[C@@H](Cc1ccc(O)c(O)c1)CN1CCCC1)c1ccccc1. The number of phenolic OH excluding ortho intramolecular Hbond substituents is 2. The van der Waals surface area contributed by atoms with Crippen molar-refractivity contribution in [1.29, 1.82) is 0 Å². The quantitative estimate of drug-likeness (QED) is 0.547. The van der Waals surface area contributed by atoms with E-state index in [1.54, 1.807) is 6.07 Å². The number of hydrogen-bond donors (Lipinski definition) is 4. The van der Waals surface area contributed by atoms with Crippen molar-refractivity contribution in [3.63, 3.8) is 0 Å². The van der Waals surface area contributed by atoms with E-state index >= 15 is 0 Å². The third kappa shape index (κ3) is 4.97. The van der Waals surface area contributed by atoms with Crippen molar-refractivity contribution in [3.8, 4) is 11.5 Å². The van der Waals surface area contributed by atoms with E-state index in [4.69, 9.17) is 0 Å². The van der Waals surface area contributed by atoms with Gasteiger partial charge in [0.25, 0.3) is 0 Å². The van der Waals surface area contributed by atoms with Crippen molar-refractivity contribution >= 4 is 0 Å². The highest BCUT2D eigenvalue weighted by molar-refractivity contribution is 5.40. The van der Waals surface area contributed by atoms with E-state index in [2.05, 4.69) is 10.2 Å². The number of phenols is 2. The number of aromatic hydroxyl groups is 2. The molecule has 0 saturated carbocycles. The topological polar surface area (TPSA) is 76.0 Å². The summed E-state index contributed by atoms with van der Waals surface area (Å²) in [6.07, 6.45) is 3.18. The first-order valence-electron chi connectivity index (χ1n) is 9.31. The maximum atomic E-state index is 9.89. The lowest BCUT2D eigenvalue weighted by Gasteiger charge is -2.29. The van der Waals surface area contributed by atoms with Crippen LogP contribution in [0.5, 0.6) is 11.5 Å². The largest absolute Gasteiger partial charge is 0.504 e. The Bertz CT molecular complexity index is 687. The Morgan fingerprint density at radius 2 is 1.69 bits per heavy atom. The number of rotatable bonds is 8. The van der Waals surface area contributed by atoms with E-state index in [0.29, 0.717) is 6.42 Å². The van der Waals surface area contributed by atoms with Crippen LogP contribution in [-0.2, 0) is 6.42 Å². The summed E-state index contributed by atoms with van der Waals surface area (Å²) in [6.45, 7) is 3.13. The minimum atomic E-state index is -0.130. The van der Waals surface area contributed by atoms with Gasteiger partial charge in [-0.1, -0.05) is 36.4 Å². The van der Waals surface area contributed by atoms with E-state index in [0.717, 1.165) is 30.8 Å². The average Bonchev–Trinajstić information content (AvgIpc) is 3.16. The molecule has 26 heavy (non-hydrogen) atoms. The molecule has 3 rings (SSSR count). The summed E-state index contributed by atoms with van der Waals surface area (Å²) in [5.74, 6) is -0.195. The Morgan fingerprint density at radius 1 is 0.962 bits per heavy atom. The number of aliphatic hydroxyl groups excluding tert-OH is 1. The number of likely N-dealkylation sites (tertiary alicyclic amines) is 1. The maximum Gasteiger partial charge on any atom is 0.157 e. The van der Waals surface area contributed by atoms with Gasteiger partial charge in [0.15, 0.2) is 11.5 Å². The van der Waals surface area contributed by atoms with Gasteiger partial charge in [0.1, 0.15) is 0 Å². The van der Waals surface area contributed by atoms with Crippen molar-refractivity contribution in [2.75, 3.05) is 26.2 Å². The molecule has 0 radical (unpaired) electrons. The monoisotopic (exact) mass is 356 g/mol. The van der Waals surface area contributed by atoms with E-state index in [9.17, 15) is 15.3 Å². The molecule has 0 amide bonds. The molecule has 1 fully saturated rings. The van der Waals surface area contributed by atoms with Crippen LogP contribution >= 0.6 is 0 Å². The van der Waals surface area contributed by atoms with Gasteiger partial charge < -0.3 is 25.5 Å². The summed E-state index contributed by atoms with van der Waals surface area (Å²) in [4.78, 5) is 2.44. The first kappa shape index (κ1) is 18.7. The standard InChI is InChI=1S/C21H28N2O3/c24-15-19(17-6-2-1-3-7-17)22-18(14-23-10-4-5-11-23)12-16-8-9-20(25)21(26)13-16/h1-3,6-9,13,18-19,22,24-26H,4-5,10-12,14-15H2/t18-,19?/m0/s1. The predicted molar refractivity (Wildman–Crippen MR) is 102 cm³/mol. The number of nitrogens with zero attached hydrogens (tertiary/aromatic N) is 1. The fourth-order valence-corrected chi connectivity index (χ4v) is 3.66. The van der Waals surface area contributed by atoms with E-state index in [1.165, 1.54) is 18.9 Å². The van der Waals surface area contributed by atoms with E-state index in [-0.39, 0.29) is 30.2 Å². The minimum absolute atomic E-state index is 0.0291. The lowest BCUT2D eigenvalue weighted by molar-refractivity contribution is 0.212. The molecule has 0 spiro atoms. The molecule has 2 aromatic rings. The molecule has 0 aromatic heterocycles. The van der Waals surface area contributed by atoms with E-state index in [1.807, 2.05) is 36.4 Å². The molecule has 5 heteroatoms. The molecule has 4 N–H and O–H groups in total. The molecule has 1 aliphatic rings. The van der Waals surface area contributed by atoms with Crippen LogP contribution in [0.1, 0.15) is 30.0 Å². The van der Waals surface area contributed by atoms with Gasteiger partial charge in [-0.15, -0.1) is 0 Å². The van der Waals surface area contributed by atoms with Gasteiger partial charge in [0.2, 0.25) is 0 Å². The fraction of sp³-hybridized carbons (Fsp3) is 0.429. The van der Waals surface area contributed by atoms with Crippen LogP contribution in [0.4, 0.5) is 0 Å². The Labute approximate surface area is 154 Å². The van der Waals surface area contributed by atoms with Gasteiger partial charge >= 0.3 is 0 Å². The average molecular weight is 356 g/mol. The van der Waals surface area contributed by atoms with Gasteiger partial charge in [-0.3, -0.25) is 0 Å². The molecular weight excluding hydrogens is 328 g/mol. The zero-order valence-corrected chi connectivity index (χ0v) is 15.0. The molecule has 0 bridgehead atoms. The van der Waals surface area contributed by atoms with Crippen molar-refractivity contribution in [2.45, 2.75) is 31.3 Å². The predicted octanol–water partition coefficient (Wildman–Crippen LogP) is 2.43. The number of aliphatic hydroxyl groups is 1. The molecule has 5 nitrogen and oxygen atoms in total. The lowest BCUT2D eigenvalue weighted by atomic mass is 10.0. The summed E-state index contributed by atoms with van der Waals surface area (Å²) < 4.78 is 0. The molecule has 1 unspecified atom stereocenters. The normalized spacial score (nSPS) is 17.3. The second kappa shape index (κ2) is 9.03. The van der Waals surface area contributed by atoms with Crippen LogP contribution in [0.2, 0.25) is 0 Å². The lowest BCUT2D eigenvalue weighted by Crippen LogP contribution is -2.44. The van der Waals surface area contributed by atoms with Crippen molar-refractivity contribution in [2.24, 2.45) is 0 Å². The fourth-order valence-electron chi connectivity index (χ4n) is 3.66. The molecular formula is C21H28N2O3. The Morgan fingerprint density at radius 3 is 2.35 bits per heavy atom. The number of benzene rings is 2.